The molecule has 0 atom stereocenters. The van der Waals surface area contributed by atoms with Crippen LogP contribution in [-0.4, -0.2) is 42.3 Å². The molecule has 0 heterocycles. The monoisotopic (exact) mass is 279 g/mol. The standard InChI is InChI=1S/C16H25NO3/c1-4-15(5-2)17(10-11-20-3)12-13-6-8-14(9-7-13)16(18)19/h6-9,15H,4-5,10-12H2,1-3H3,(H,18,19). The van der Waals surface area contributed by atoms with Crippen LogP contribution < -0.4 is 0 Å². The van der Waals surface area contributed by atoms with Crippen molar-refractivity contribution in [1.82, 2.24) is 4.90 Å². The lowest BCUT2D eigenvalue weighted by Crippen LogP contribution is -2.36. The smallest absolute Gasteiger partial charge is 0.335 e. The van der Waals surface area contributed by atoms with Gasteiger partial charge in [0.25, 0.3) is 0 Å². The number of carboxylic acid groups (broad SMARTS) is 1. The Labute approximate surface area is 121 Å². The summed E-state index contributed by atoms with van der Waals surface area (Å²) in [6.45, 7) is 6.83. The summed E-state index contributed by atoms with van der Waals surface area (Å²) >= 11 is 0. The van der Waals surface area contributed by atoms with Gasteiger partial charge in [0, 0.05) is 26.2 Å². The van der Waals surface area contributed by atoms with Crippen LogP contribution in [-0.2, 0) is 11.3 Å². The van der Waals surface area contributed by atoms with Gasteiger partial charge in [0.05, 0.1) is 12.2 Å². The van der Waals surface area contributed by atoms with E-state index in [4.69, 9.17) is 9.84 Å². The van der Waals surface area contributed by atoms with Crippen LogP contribution >= 0.6 is 0 Å². The number of rotatable bonds is 9. The Balaban J connectivity index is 2.74. The van der Waals surface area contributed by atoms with Crippen LogP contribution in [0, 0.1) is 0 Å². The number of methoxy groups -OCH3 is 1. The Morgan fingerprint density at radius 3 is 2.30 bits per heavy atom. The fourth-order valence-electron chi connectivity index (χ4n) is 2.39. The Morgan fingerprint density at radius 2 is 1.85 bits per heavy atom. The van der Waals surface area contributed by atoms with Crippen LogP contribution in [0.25, 0.3) is 0 Å². The molecule has 0 aromatic heterocycles. The molecule has 4 nitrogen and oxygen atoms in total. The van der Waals surface area contributed by atoms with Crippen LogP contribution in [0.3, 0.4) is 0 Å². The maximum atomic E-state index is 10.8. The van der Waals surface area contributed by atoms with Crippen LogP contribution in [0.15, 0.2) is 24.3 Å². The Morgan fingerprint density at radius 1 is 1.25 bits per heavy atom. The second kappa shape index (κ2) is 8.72. The summed E-state index contributed by atoms with van der Waals surface area (Å²) in [7, 11) is 1.72. The first-order valence-corrected chi connectivity index (χ1v) is 7.17. The molecule has 0 saturated carbocycles. The summed E-state index contributed by atoms with van der Waals surface area (Å²) < 4.78 is 5.18. The van der Waals surface area contributed by atoms with Crippen LogP contribution in [0.4, 0.5) is 0 Å². The largest absolute Gasteiger partial charge is 0.478 e. The number of hydrogen-bond donors (Lipinski definition) is 1. The Hall–Kier alpha value is -1.39. The molecule has 1 rings (SSSR count). The van der Waals surface area contributed by atoms with Gasteiger partial charge in [-0.05, 0) is 30.5 Å². The highest BCUT2D eigenvalue weighted by Gasteiger charge is 2.15. The van der Waals surface area contributed by atoms with Crippen molar-refractivity contribution >= 4 is 5.97 Å². The second-order valence-corrected chi connectivity index (χ2v) is 4.94. The summed E-state index contributed by atoms with van der Waals surface area (Å²) in [5.41, 5.74) is 1.47. The molecular formula is C16H25NO3. The first-order valence-electron chi connectivity index (χ1n) is 7.17. The number of ether oxygens (including phenoxy) is 1. The molecule has 112 valence electrons. The molecule has 0 radical (unpaired) electrons. The maximum Gasteiger partial charge on any atom is 0.335 e. The van der Waals surface area contributed by atoms with E-state index in [0.717, 1.165) is 31.5 Å². The fourth-order valence-corrected chi connectivity index (χ4v) is 2.39. The average molecular weight is 279 g/mol. The van der Waals surface area contributed by atoms with Crippen molar-refractivity contribution in [3.63, 3.8) is 0 Å². The number of carboxylic acids is 1. The SMILES string of the molecule is CCC(CC)N(CCOC)Cc1ccc(C(=O)O)cc1. The molecule has 0 aliphatic heterocycles. The van der Waals surface area contributed by atoms with Gasteiger partial charge < -0.3 is 9.84 Å². The van der Waals surface area contributed by atoms with E-state index < -0.39 is 5.97 Å². The molecule has 0 spiro atoms. The third-order valence-corrected chi connectivity index (χ3v) is 3.63. The summed E-state index contributed by atoms with van der Waals surface area (Å²) in [5.74, 6) is -0.882. The van der Waals surface area contributed by atoms with Gasteiger partial charge in [0.2, 0.25) is 0 Å². The molecule has 0 aliphatic carbocycles. The molecule has 4 heteroatoms. The predicted molar refractivity (Wildman–Crippen MR) is 80.1 cm³/mol. The van der Waals surface area contributed by atoms with Crippen molar-refractivity contribution in [2.45, 2.75) is 39.3 Å². The third-order valence-electron chi connectivity index (χ3n) is 3.63. The molecule has 0 fully saturated rings. The fraction of sp³-hybridized carbons (Fsp3) is 0.562. The van der Waals surface area contributed by atoms with Crippen molar-refractivity contribution in [1.29, 1.82) is 0 Å². The lowest BCUT2D eigenvalue weighted by molar-refractivity contribution is 0.0697. The van der Waals surface area contributed by atoms with E-state index in [9.17, 15) is 4.79 Å². The number of carbonyl (C=O) groups is 1. The Bertz CT molecular complexity index is 399. The highest BCUT2D eigenvalue weighted by atomic mass is 16.5. The van der Waals surface area contributed by atoms with Gasteiger partial charge in [-0.25, -0.2) is 4.79 Å². The molecule has 1 aromatic rings. The van der Waals surface area contributed by atoms with E-state index in [0.29, 0.717) is 18.2 Å². The Kier molecular flexibility index (Phi) is 7.26. The minimum atomic E-state index is -0.882. The van der Waals surface area contributed by atoms with Gasteiger partial charge in [0.1, 0.15) is 0 Å². The zero-order valence-electron chi connectivity index (χ0n) is 12.6. The molecule has 0 bridgehead atoms. The van der Waals surface area contributed by atoms with E-state index in [1.165, 1.54) is 0 Å². The van der Waals surface area contributed by atoms with E-state index in [-0.39, 0.29) is 0 Å². The van der Waals surface area contributed by atoms with Gasteiger partial charge >= 0.3 is 5.97 Å². The summed E-state index contributed by atoms with van der Waals surface area (Å²) in [6.07, 6.45) is 2.21. The minimum Gasteiger partial charge on any atom is -0.478 e. The van der Waals surface area contributed by atoms with Gasteiger partial charge in [-0.15, -0.1) is 0 Å². The normalized spacial score (nSPS) is 11.2. The van der Waals surface area contributed by atoms with E-state index in [2.05, 4.69) is 18.7 Å². The van der Waals surface area contributed by atoms with Crippen molar-refractivity contribution < 1.29 is 14.6 Å². The number of aromatic carboxylic acids is 1. The summed E-state index contributed by atoms with van der Waals surface area (Å²) in [4.78, 5) is 13.3. The molecule has 0 aliphatic rings. The molecule has 0 amide bonds. The molecule has 1 N–H and O–H groups in total. The predicted octanol–water partition coefficient (Wildman–Crippen LogP) is 3.02. The summed E-state index contributed by atoms with van der Waals surface area (Å²) in [6, 6.07) is 7.65. The van der Waals surface area contributed by atoms with Gasteiger partial charge in [-0.1, -0.05) is 26.0 Å². The highest BCUT2D eigenvalue weighted by Crippen LogP contribution is 2.14. The molecule has 0 saturated heterocycles. The van der Waals surface area contributed by atoms with Crippen LogP contribution in [0.2, 0.25) is 0 Å². The quantitative estimate of drug-likeness (QED) is 0.755. The van der Waals surface area contributed by atoms with Crippen molar-refractivity contribution in [3.8, 4) is 0 Å². The zero-order chi connectivity index (χ0) is 15.0. The van der Waals surface area contributed by atoms with Gasteiger partial charge in [-0.2, -0.15) is 0 Å². The highest BCUT2D eigenvalue weighted by molar-refractivity contribution is 5.87. The summed E-state index contributed by atoms with van der Waals surface area (Å²) in [5, 5.41) is 8.91. The average Bonchev–Trinajstić information content (AvgIpc) is 2.46. The second-order valence-electron chi connectivity index (χ2n) is 4.94. The van der Waals surface area contributed by atoms with Crippen LogP contribution in [0.5, 0.6) is 0 Å². The van der Waals surface area contributed by atoms with E-state index >= 15 is 0 Å². The third kappa shape index (κ3) is 4.94. The van der Waals surface area contributed by atoms with Crippen molar-refractivity contribution in [2.75, 3.05) is 20.3 Å². The van der Waals surface area contributed by atoms with Crippen molar-refractivity contribution in [3.05, 3.63) is 35.4 Å². The lowest BCUT2D eigenvalue weighted by Gasteiger charge is -2.30. The number of nitrogens with zero attached hydrogens (tertiary/aromatic N) is 1. The van der Waals surface area contributed by atoms with E-state index in [1.807, 2.05) is 12.1 Å². The number of hydrogen-bond acceptors (Lipinski definition) is 3. The number of benzene rings is 1. The van der Waals surface area contributed by atoms with Crippen molar-refractivity contribution in [2.24, 2.45) is 0 Å². The first kappa shape index (κ1) is 16.7. The zero-order valence-corrected chi connectivity index (χ0v) is 12.6. The molecule has 0 unspecified atom stereocenters. The molecule has 20 heavy (non-hydrogen) atoms. The lowest BCUT2D eigenvalue weighted by atomic mass is 10.1. The van der Waals surface area contributed by atoms with E-state index in [1.54, 1.807) is 19.2 Å². The molecule has 1 aromatic carbocycles. The van der Waals surface area contributed by atoms with Gasteiger partial charge in [-0.3, -0.25) is 4.90 Å². The molecular weight excluding hydrogens is 254 g/mol. The maximum absolute atomic E-state index is 10.8. The first-order chi connectivity index (χ1) is 9.62. The topological polar surface area (TPSA) is 49.8 Å². The van der Waals surface area contributed by atoms with Gasteiger partial charge in [0.15, 0.2) is 0 Å². The minimum absolute atomic E-state index is 0.333. The van der Waals surface area contributed by atoms with Crippen LogP contribution in [0.1, 0.15) is 42.6 Å².